The summed E-state index contributed by atoms with van der Waals surface area (Å²) in [6.07, 6.45) is 0. The van der Waals surface area contributed by atoms with Crippen molar-refractivity contribution in [2.75, 3.05) is 0 Å². The van der Waals surface area contributed by atoms with E-state index in [9.17, 15) is 45.7 Å². The molecule has 0 radical (unpaired) electrons. The lowest BCUT2D eigenvalue weighted by Gasteiger charge is -2.16. The fourth-order valence-electron chi connectivity index (χ4n) is 1.11. The van der Waals surface area contributed by atoms with Crippen LogP contribution in [0.15, 0.2) is 23.0 Å². The maximum absolute atomic E-state index is 11.1. The minimum absolute atomic E-state index is 0.858. The largest absolute Gasteiger partial charge is 0.731 e. The molecule has 0 bridgehead atoms. The number of rotatable bonds is 4. The molecule has 0 unspecified atom stereocenters. The molecule has 0 aromatic rings. The Morgan fingerprint density at radius 1 is 0.900 bits per heavy atom. The Morgan fingerprint density at radius 2 is 1.30 bits per heavy atom. The van der Waals surface area contributed by atoms with E-state index in [4.69, 9.17) is 0 Å². The minimum Gasteiger partial charge on any atom is -0.731 e. The van der Waals surface area contributed by atoms with Crippen LogP contribution < -0.4 is 5.48 Å². The quantitative estimate of drug-likeness (QED) is 0.470. The van der Waals surface area contributed by atoms with Gasteiger partial charge in [-0.15, -0.1) is 0 Å². The molecule has 0 saturated carbocycles. The smallest absolute Gasteiger partial charge is 0.587 e. The van der Waals surface area contributed by atoms with Crippen molar-refractivity contribution in [3.63, 3.8) is 0 Å². The van der Waals surface area contributed by atoms with Crippen LogP contribution in [0.5, 0.6) is 0 Å². The van der Waals surface area contributed by atoms with Crippen LogP contribution in [-0.4, -0.2) is 24.9 Å². The molecule has 1 aliphatic rings. The summed E-state index contributed by atoms with van der Waals surface area (Å²) in [6.45, 7) is 0. The highest BCUT2D eigenvalue weighted by Gasteiger charge is 2.48. The van der Waals surface area contributed by atoms with E-state index >= 15 is 0 Å². The third-order valence-corrected chi connectivity index (χ3v) is 1.78. The van der Waals surface area contributed by atoms with E-state index in [1.54, 1.807) is 0 Å². The molecule has 1 saturated heterocycles. The van der Waals surface area contributed by atoms with Crippen molar-refractivity contribution in [2.24, 2.45) is 0 Å². The summed E-state index contributed by atoms with van der Waals surface area (Å²) in [5, 5.41) is 52.1. The summed E-state index contributed by atoms with van der Waals surface area (Å²) in [4.78, 5) is 39.2. The van der Waals surface area contributed by atoms with Crippen molar-refractivity contribution in [3.05, 3.63) is 68.7 Å². The topological polar surface area (TPSA) is 220 Å². The predicted octanol–water partition coefficient (Wildman–Crippen LogP) is -1.32. The van der Waals surface area contributed by atoms with Crippen LogP contribution in [0.3, 0.4) is 0 Å². The predicted molar refractivity (Wildman–Crippen MR) is 51.5 cm³/mol. The molecule has 0 atom stereocenters. The number of hydrogen-bond acceptors (Lipinski definition) is 12. The summed E-state index contributed by atoms with van der Waals surface area (Å²) in [5.74, 6) is -3.96. The summed E-state index contributed by atoms with van der Waals surface area (Å²) >= 11 is 0. The number of nitrogens with one attached hydrogen (secondary N) is 1. The Labute approximate surface area is 105 Å². The van der Waals surface area contributed by atoms with Gasteiger partial charge >= 0.3 is 11.6 Å². The standard InChI is InChI=1S/C4HN6O10/c11-6(12)3(7(13)14)1-2(10(19)20-5-1)4(8(15)16)9(17)18/h5H/q-1. The van der Waals surface area contributed by atoms with Crippen LogP contribution in [0, 0.1) is 45.7 Å². The highest BCUT2D eigenvalue weighted by molar-refractivity contribution is 5.29. The van der Waals surface area contributed by atoms with Gasteiger partial charge in [0.2, 0.25) is 0 Å². The van der Waals surface area contributed by atoms with Gasteiger partial charge in [-0.1, -0.05) is 0 Å². The van der Waals surface area contributed by atoms with E-state index in [1.165, 1.54) is 5.48 Å². The molecule has 1 rings (SSSR count). The number of hydrogen-bond donors (Lipinski definition) is 1. The molecule has 1 N–H and O–H groups in total. The molecule has 1 aliphatic heterocycles. The number of nitro groups is 4. The summed E-state index contributed by atoms with van der Waals surface area (Å²) in [5.41, 5.74) is -1.67. The van der Waals surface area contributed by atoms with Gasteiger partial charge in [-0.05, 0) is 0 Å². The molecule has 16 heteroatoms. The fourth-order valence-corrected chi connectivity index (χ4v) is 1.11. The van der Waals surface area contributed by atoms with Crippen LogP contribution in [0.25, 0.3) is 0 Å². The Balaban J connectivity index is 3.72. The first kappa shape index (κ1) is 14.7. The fraction of sp³-hybridized carbons (Fsp3) is 0. The lowest BCUT2D eigenvalue weighted by Crippen LogP contribution is -2.22. The zero-order valence-corrected chi connectivity index (χ0v) is 8.82. The van der Waals surface area contributed by atoms with Crippen LogP contribution in [0.1, 0.15) is 0 Å². The lowest BCUT2D eigenvalue weighted by molar-refractivity contribution is -0.621. The zero-order chi connectivity index (χ0) is 15.6. The van der Waals surface area contributed by atoms with Crippen LogP contribution in [-0.2, 0) is 4.94 Å². The molecule has 0 spiro atoms. The van der Waals surface area contributed by atoms with E-state index in [0.29, 0.717) is 0 Å². The third kappa shape index (κ3) is 2.39. The zero-order valence-electron chi connectivity index (χ0n) is 8.82. The highest BCUT2D eigenvalue weighted by atomic mass is 17.0. The van der Waals surface area contributed by atoms with Crippen molar-refractivity contribution in [3.8, 4) is 0 Å². The highest BCUT2D eigenvalue weighted by Crippen LogP contribution is 2.26. The third-order valence-electron chi connectivity index (χ3n) is 1.78. The normalized spacial score (nSPS) is 13.8. The summed E-state index contributed by atoms with van der Waals surface area (Å²) in [7, 11) is 0. The van der Waals surface area contributed by atoms with Gasteiger partial charge in [0.15, 0.2) is 0 Å². The van der Waals surface area contributed by atoms with Crippen molar-refractivity contribution >= 4 is 0 Å². The lowest BCUT2D eigenvalue weighted by atomic mass is 10.3. The second-order valence-electron chi connectivity index (χ2n) is 2.85. The number of hydroxylamine groups is 3. The molecular weight excluding hydrogens is 292 g/mol. The summed E-state index contributed by atoms with van der Waals surface area (Å²) in [6, 6.07) is 0. The van der Waals surface area contributed by atoms with E-state index in [1.807, 2.05) is 0 Å². The van der Waals surface area contributed by atoms with Gasteiger partial charge in [0.1, 0.15) is 19.7 Å². The van der Waals surface area contributed by atoms with Gasteiger partial charge in [-0.25, -0.2) is 5.48 Å². The molecule has 0 aliphatic carbocycles. The molecule has 1 fully saturated rings. The number of nitrogens with zero attached hydrogens (tertiary/aromatic N) is 5. The molecule has 0 amide bonds. The molecule has 0 aromatic heterocycles. The Bertz CT molecular complexity index is 544. The van der Waals surface area contributed by atoms with Crippen LogP contribution >= 0.6 is 0 Å². The second-order valence-corrected chi connectivity index (χ2v) is 2.85. The van der Waals surface area contributed by atoms with E-state index in [-0.39, 0.29) is 0 Å². The molecular formula is C4HN6O10-. The van der Waals surface area contributed by atoms with E-state index in [0.717, 1.165) is 0 Å². The molecule has 0 aromatic carbocycles. The van der Waals surface area contributed by atoms with Gasteiger partial charge in [0.25, 0.3) is 11.4 Å². The molecule has 108 valence electrons. The van der Waals surface area contributed by atoms with Gasteiger partial charge in [0, 0.05) is 0 Å². The Hall–Kier alpha value is -3.40. The maximum atomic E-state index is 11.1. The Kier molecular flexibility index (Phi) is 3.72. The van der Waals surface area contributed by atoms with Gasteiger partial charge < -0.3 is 5.21 Å². The van der Waals surface area contributed by atoms with Crippen LogP contribution in [0.4, 0.5) is 0 Å². The first-order valence-corrected chi connectivity index (χ1v) is 4.15. The first-order valence-electron chi connectivity index (χ1n) is 4.15. The van der Waals surface area contributed by atoms with Crippen LogP contribution in [0.2, 0.25) is 0 Å². The molecule has 1 heterocycles. The first-order chi connectivity index (χ1) is 9.18. The van der Waals surface area contributed by atoms with Crippen molar-refractivity contribution < 1.29 is 24.6 Å². The molecule has 16 nitrogen and oxygen atoms in total. The second kappa shape index (κ2) is 5.07. The van der Waals surface area contributed by atoms with E-state index < -0.39 is 48.0 Å². The van der Waals surface area contributed by atoms with Gasteiger partial charge in [-0.2, -0.15) is 4.94 Å². The average molecular weight is 293 g/mol. The van der Waals surface area contributed by atoms with Crippen molar-refractivity contribution in [2.45, 2.75) is 0 Å². The SMILES string of the molecule is O=[N+]([O-])C(=C1NON([O-])C1=C([N+](=O)[O-])[N+](=O)[O-])[N+](=O)[O-]. The van der Waals surface area contributed by atoms with Crippen molar-refractivity contribution in [1.82, 2.24) is 10.7 Å². The monoisotopic (exact) mass is 293 g/mol. The van der Waals surface area contributed by atoms with E-state index in [2.05, 4.69) is 4.94 Å². The van der Waals surface area contributed by atoms with Gasteiger partial charge in [-0.3, -0.25) is 45.7 Å². The minimum atomic E-state index is -2.03. The maximum Gasteiger partial charge on any atom is 0.587 e. The van der Waals surface area contributed by atoms with Gasteiger partial charge in [0.05, 0.1) is 0 Å². The van der Waals surface area contributed by atoms with Crippen molar-refractivity contribution in [1.29, 1.82) is 0 Å². The molecule has 20 heavy (non-hydrogen) atoms. The average Bonchev–Trinajstić information content (AvgIpc) is 2.60. The summed E-state index contributed by atoms with van der Waals surface area (Å²) < 4.78 is 0. The Morgan fingerprint density at radius 3 is 1.65 bits per heavy atom.